The van der Waals surface area contributed by atoms with Crippen LogP contribution in [0, 0.1) is 5.82 Å². The lowest BCUT2D eigenvalue weighted by atomic mass is 10.2. The molecule has 0 spiro atoms. The van der Waals surface area contributed by atoms with Crippen LogP contribution in [0.3, 0.4) is 0 Å². The fourth-order valence-electron chi connectivity index (χ4n) is 3.37. The lowest BCUT2D eigenvalue weighted by molar-refractivity contribution is -0.119. The minimum absolute atomic E-state index is 0.157. The van der Waals surface area contributed by atoms with E-state index < -0.39 is 18.0 Å². The number of benzene rings is 1. The molecule has 1 aromatic carbocycles. The summed E-state index contributed by atoms with van der Waals surface area (Å²) in [6.45, 7) is 4.95. The molecule has 0 radical (unpaired) electrons. The highest BCUT2D eigenvalue weighted by atomic mass is 19.1. The van der Waals surface area contributed by atoms with Crippen LogP contribution in [-0.4, -0.2) is 75.4 Å². The molecule has 2 atom stereocenters. The van der Waals surface area contributed by atoms with Crippen molar-refractivity contribution in [3.8, 4) is 5.75 Å². The maximum Gasteiger partial charge on any atom is 0.414 e. The molecule has 2 fully saturated rings. The molecular formula is C19H27FN4O4. The predicted octanol–water partition coefficient (Wildman–Crippen LogP) is 0.959. The maximum atomic E-state index is 14.4. The second-order valence-electron chi connectivity index (χ2n) is 7.14. The summed E-state index contributed by atoms with van der Waals surface area (Å²) in [7, 11) is 2.04. The Morgan fingerprint density at radius 1 is 1.50 bits per heavy atom. The number of cyclic esters (lactones) is 1. The van der Waals surface area contributed by atoms with Crippen molar-refractivity contribution in [1.82, 2.24) is 15.5 Å². The highest BCUT2D eigenvalue weighted by molar-refractivity contribution is 5.89. The van der Waals surface area contributed by atoms with Crippen molar-refractivity contribution in [2.45, 2.75) is 25.5 Å². The van der Waals surface area contributed by atoms with Gasteiger partial charge in [0.1, 0.15) is 12.7 Å². The van der Waals surface area contributed by atoms with E-state index in [4.69, 9.17) is 9.47 Å². The molecule has 9 heteroatoms. The van der Waals surface area contributed by atoms with Gasteiger partial charge in [-0.05, 0) is 32.1 Å². The number of anilines is 1. The van der Waals surface area contributed by atoms with Gasteiger partial charge >= 0.3 is 6.09 Å². The Kier molecular flexibility index (Phi) is 6.69. The average molecular weight is 394 g/mol. The Morgan fingerprint density at radius 3 is 3.00 bits per heavy atom. The quantitative estimate of drug-likeness (QED) is 0.684. The maximum absolute atomic E-state index is 14.4. The molecule has 1 aromatic rings. The Morgan fingerprint density at radius 2 is 2.32 bits per heavy atom. The third kappa shape index (κ3) is 5.11. The summed E-state index contributed by atoms with van der Waals surface area (Å²) in [6, 6.07) is 4.91. The predicted molar refractivity (Wildman–Crippen MR) is 102 cm³/mol. The summed E-state index contributed by atoms with van der Waals surface area (Å²) in [5, 5.41) is 5.93. The zero-order chi connectivity index (χ0) is 20.1. The second kappa shape index (κ2) is 9.20. The molecule has 2 amide bonds. The molecule has 0 aliphatic carbocycles. The van der Waals surface area contributed by atoms with Gasteiger partial charge in [0.15, 0.2) is 11.6 Å². The van der Waals surface area contributed by atoms with Gasteiger partial charge < -0.3 is 20.1 Å². The van der Waals surface area contributed by atoms with Gasteiger partial charge in [0, 0.05) is 32.1 Å². The molecule has 1 unspecified atom stereocenters. The number of likely N-dealkylation sites (N-methyl/N-ethyl adjacent to an activating group) is 1. The summed E-state index contributed by atoms with van der Waals surface area (Å²) in [5.74, 6) is -0.568. The monoisotopic (exact) mass is 394 g/mol. The van der Waals surface area contributed by atoms with Crippen molar-refractivity contribution >= 4 is 17.7 Å². The first-order valence-electron chi connectivity index (χ1n) is 9.50. The standard InChI is InChI=1S/C19H27FN4O4/c1-13(25)22-11-16-12-24(19(26)28-16)14-3-4-18(17(20)9-14)27-8-7-23(2)15-5-6-21-10-15/h3-4,9,15-16,21H,5-8,10-12H2,1-2H3,(H,22,25)/t15-,16?/m0/s1. The zero-order valence-electron chi connectivity index (χ0n) is 16.2. The fourth-order valence-corrected chi connectivity index (χ4v) is 3.37. The minimum Gasteiger partial charge on any atom is -0.489 e. The minimum atomic E-state index is -0.560. The molecule has 0 bridgehead atoms. The zero-order valence-corrected chi connectivity index (χ0v) is 16.2. The van der Waals surface area contributed by atoms with E-state index >= 15 is 0 Å². The first-order chi connectivity index (χ1) is 13.4. The van der Waals surface area contributed by atoms with E-state index in [1.807, 2.05) is 7.05 Å². The van der Waals surface area contributed by atoms with E-state index in [-0.39, 0.29) is 24.7 Å². The van der Waals surface area contributed by atoms with Gasteiger partial charge in [-0.15, -0.1) is 0 Å². The topological polar surface area (TPSA) is 83.1 Å². The molecule has 2 aliphatic heterocycles. The molecular weight excluding hydrogens is 367 g/mol. The number of carbonyl (C=O) groups is 2. The Hall–Kier alpha value is -2.39. The van der Waals surface area contributed by atoms with Crippen molar-refractivity contribution in [2.24, 2.45) is 0 Å². The SMILES string of the molecule is CC(=O)NCC1CN(c2ccc(OCCN(C)[C@H]3CCNC3)c(F)c2)C(=O)O1. The van der Waals surface area contributed by atoms with Crippen molar-refractivity contribution < 1.29 is 23.5 Å². The highest BCUT2D eigenvalue weighted by Crippen LogP contribution is 2.27. The summed E-state index contributed by atoms with van der Waals surface area (Å²) < 4.78 is 25.2. The largest absolute Gasteiger partial charge is 0.489 e. The highest BCUT2D eigenvalue weighted by Gasteiger charge is 2.32. The molecule has 0 saturated carbocycles. The Balaban J connectivity index is 1.52. The molecule has 2 saturated heterocycles. The lowest BCUT2D eigenvalue weighted by Crippen LogP contribution is -2.36. The summed E-state index contributed by atoms with van der Waals surface area (Å²) in [6.07, 6.45) is 0.0836. The van der Waals surface area contributed by atoms with Crippen molar-refractivity contribution in [1.29, 1.82) is 0 Å². The van der Waals surface area contributed by atoms with Gasteiger partial charge in [-0.25, -0.2) is 9.18 Å². The summed E-state index contributed by atoms with van der Waals surface area (Å²) in [4.78, 5) is 26.6. The van der Waals surface area contributed by atoms with E-state index in [0.717, 1.165) is 19.5 Å². The Bertz CT molecular complexity index is 711. The number of ether oxygens (including phenoxy) is 2. The van der Waals surface area contributed by atoms with Crippen LogP contribution in [0.15, 0.2) is 18.2 Å². The van der Waals surface area contributed by atoms with Crippen LogP contribution in [-0.2, 0) is 9.53 Å². The van der Waals surface area contributed by atoms with Crippen LogP contribution in [0.5, 0.6) is 5.75 Å². The van der Waals surface area contributed by atoms with Crippen molar-refractivity contribution in [3.63, 3.8) is 0 Å². The number of amides is 2. The van der Waals surface area contributed by atoms with Crippen LogP contribution < -0.4 is 20.3 Å². The van der Waals surface area contributed by atoms with Gasteiger partial charge in [-0.1, -0.05) is 0 Å². The number of halogens is 1. The molecule has 8 nitrogen and oxygen atoms in total. The molecule has 2 aliphatic rings. The van der Waals surface area contributed by atoms with Gasteiger partial charge in [-0.3, -0.25) is 14.6 Å². The van der Waals surface area contributed by atoms with Crippen LogP contribution in [0.1, 0.15) is 13.3 Å². The second-order valence-corrected chi connectivity index (χ2v) is 7.14. The third-order valence-corrected chi connectivity index (χ3v) is 5.04. The van der Waals surface area contributed by atoms with Crippen LogP contribution in [0.25, 0.3) is 0 Å². The first kappa shape index (κ1) is 20.3. The van der Waals surface area contributed by atoms with Gasteiger partial charge in [0.25, 0.3) is 0 Å². The smallest absolute Gasteiger partial charge is 0.414 e. The fraction of sp³-hybridized carbons (Fsp3) is 0.579. The van der Waals surface area contributed by atoms with Crippen LogP contribution >= 0.6 is 0 Å². The van der Waals surface area contributed by atoms with Crippen molar-refractivity contribution in [3.05, 3.63) is 24.0 Å². The van der Waals surface area contributed by atoms with Gasteiger partial charge in [0.2, 0.25) is 5.91 Å². The third-order valence-electron chi connectivity index (χ3n) is 5.04. The van der Waals surface area contributed by atoms with E-state index in [1.165, 1.54) is 24.0 Å². The number of rotatable bonds is 8. The molecule has 154 valence electrons. The van der Waals surface area contributed by atoms with E-state index in [0.29, 0.717) is 24.9 Å². The number of hydrogen-bond donors (Lipinski definition) is 2. The number of carbonyl (C=O) groups excluding carboxylic acids is 2. The average Bonchev–Trinajstić information content (AvgIpc) is 3.31. The molecule has 2 N–H and O–H groups in total. The van der Waals surface area contributed by atoms with E-state index in [9.17, 15) is 14.0 Å². The molecule has 28 heavy (non-hydrogen) atoms. The molecule has 3 rings (SSSR count). The number of hydrogen-bond acceptors (Lipinski definition) is 6. The molecule has 0 aromatic heterocycles. The van der Waals surface area contributed by atoms with Crippen LogP contribution in [0.4, 0.5) is 14.9 Å². The number of nitrogens with zero attached hydrogens (tertiary/aromatic N) is 2. The first-order valence-corrected chi connectivity index (χ1v) is 9.50. The molecule has 2 heterocycles. The lowest BCUT2D eigenvalue weighted by Gasteiger charge is -2.23. The van der Waals surface area contributed by atoms with Gasteiger partial charge in [-0.2, -0.15) is 0 Å². The normalized spacial score (nSPS) is 21.9. The Labute approximate surface area is 163 Å². The van der Waals surface area contributed by atoms with E-state index in [2.05, 4.69) is 15.5 Å². The summed E-state index contributed by atoms with van der Waals surface area (Å²) in [5.41, 5.74) is 0.398. The van der Waals surface area contributed by atoms with Crippen LogP contribution in [0.2, 0.25) is 0 Å². The van der Waals surface area contributed by atoms with Gasteiger partial charge in [0.05, 0.1) is 18.8 Å². The van der Waals surface area contributed by atoms with E-state index in [1.54, 1.807) is 6.07 Å². The summed E-state index contributed by atoms with van der Waals surface area (Å²) >= 11 is 0. The number of nitrogens with one attached hydrogen (secondary N) is 2. The van der Waals surface area contributed by atoms with Crippen molar-refractivity contribution in [2.75, 3.05) is 51.3 Å².